The minimum absolute atomic E-state index is 0.130. The third kappa shape index (κ3) is 4.19. The number of aryl methyl sites for hydroxylation is 2. The van der Waals surface area contributed by atoms with Crippen molar-refractivity contribution in [3.8, 4) is 0 Å². The van der Waals surface area contributed by atoms with Gasteiger partial charge in [0, 0.05) is 5.56 Å². The maximum Gasteiger partial charge on any atom is 0.210 e. The molecule has 6 heteroatoms. The van der Waals surface area contributed by atoms with Crippen molar-refractivity contribution in [3.63, 3.8) is 0 Å². The van der Waals surface area contributed by atoms with Gasteiger partial charge in [0.05, 0.1) is 11.3 Å². The lowest BCUT2D eigenvalue weighted by atomic mass is 9.98. The number of carbonyl (C=O) groups is 1. The van der Waals surface area contributed by atoms with Gasteiger partial charge in [-0.05, 0) is 61.2 Å². The summed E-state index contributed by atoms with van der Waals surface area (Å²) < 4.78 is 1.76. The van der Waals surface area contributed by atoms with Gasteiger partial charge in [0.1, 0.15) is 0 Å². The van der Waals surface area contributed by atoms with Crippen LogP contribution in [0, 0.1) is 0 Å². The molecule has 2 rings (SSSR count). The second kappa shape index (κ2) is 7.25. The highest BCUT2D eigenvalue weighted by atomic mass is 32.2. The molecule has 0 fully saturated rings. The van der Waals surface area contributed by atoms with Crippen LogP contribution in [0.15, 0.2) is 23.4 Å². The number of aromatic nitrogens is 4. The molecule has 0 aliphatic carbocycles. The van der Waals surface area contributed by atoms with Gasteiger partial charge in [-0.2, -0.15) is 0 Å². The Kier molecular flexibility index (Phi) is 5.57. The maximum atomic E-state index is 12.7. The first-order valence-corrected chi connectivity index (χ1v) is 8.92. The van der Waals surface area contributed by atoms with E-state index in [1.54, 1.807) is 4.68 Å². The van der Waals surface area contributed by atoms with Crippen molar-refractivity contribution in [2.45, 2.75) is 58.2 Å². The van der Waals surface area contributed by atoms with Crippen molar-refractivity contribution < 1.29 is 4.79 Å². The first-order valence-electron chi connectivity index (χ1n) is 7.93. The highest BCUT2D eigenvalue weighted by Gasteiger charge is 2.21. The number of tetrazole rings is 1. The van der Waals surface area contributed by atoms with Crippen molar-refractivity contribution in [2.75, 3.05) is 5.75 Å². The van der Waals surface area contributed by atoms with Crippen molar-refractivity contribution in [2.24, 2.45) is 0 Å². The third-order valence-electron chi connectivity index (χ3n) is 3.67. The Balaban J connectivity index is 2.16. The maximum absolute atomic E-state index is 12.7. The summed E-state index contributed by atoms with van der Waals surface area (Å²) in [4.78, 5) is 12.7. The van der Waals surface area contributed by atoms with E-state index >= 15 is 0 Å². The number of Topliss-reactive ketones (excluding diaryl/α,β-unsaturated/α-hetero) is 1. The summed E-state index contributed by atoms with van der Waals surface area (Å²) in [6.07, 6.45) is 1.79. The van der Waals surface area contributed by atoms with Crippen LogP contribution in [0.5, 0.6) is 0 Å². The molecule has 0 radical (unpaired) electrons. The van der Waals surface area contributed by atoms with Crippen LogP contribution >= 0.6 is 11.8 Å². The Bertz CT molecular complexity index is 688. The molecule has 5 nitrogen and oxygen atoms in total. The summed E-state index contributed by atoms with van der Waals surface area (Å²) in [5, 5.41) is 12.5. The van der Waals surface area contributed by atoms with E-state index < -0.39 is 0 Å². The molecule has 1 aromatic carbocycles. The first-order chi connectivity index (χ1) is 10.9. The summed E-state index contributed by atoms with van der Waals surface area (Å²) in [7, 11) is 0. The molecule has 0 amide bonds. The van der Waals surface area contributed by atoms with Gasteiger partial charge >= 0.3 is 0 Å². The van der Waals surface area contributed by atoms with Crippen LogP contribution in [0.4, 0.5) is 0 Å². The number of thioether (sulfide) groups is 1. The molecule has 124 valence electrons. The monoisotopic (exact) mass is 332 g/mol. The van der Waals surface area contributed by atoms with Crippen molar-refractivity contribution >= 4 is 17.5 Å². The van der Waals surface area contributed by atoms with Crippen LogP contribution in [0.25, 0.3) is 0 Å². The molecule has 0 saturated carbocycles. The standard InChI is InChI=1S/C17H24N4OS/c1-6-12-8-9-13(7-2)14(10-12)15(22)11-23-16-18-19-20-21(16)17(3,4)5/h8-10H,6-7,11H2,1-5H3. The van der Waals surface area contributed by atoms with Gasteiger partial charge in [-0.15, -0.1) is 5.10 Å². The van der Waals surface area contributed by atoms with E-state index in [0.29, 0.717) is 10.9 Å². The predicted octanol–water partition coefficient (Wildman–Crippen LogP) is 3.53. The average molecular weight is 332 g/mol. The molecular weight excluding hydrogens is 308 g/mol. The van der Waals surface area contributed by atoms with Crippen molar-refractivity contribution in [1.82, 2.24) is 20.2 Å². The van der Waals surface area contributed by atoms with E-state index in [1.165, 1.54) is 17.3 Å². The molecule has 0 N–H and O–H groups in total. The number of rotatable bonds is 6. The molecule has 0 atom stereocenters. The third-order valence-corrected chi connectivity index (χ3v) is 4.59. The first kappa shape index (κ1) is 17.7. The fraction of sp³-hybridized carbons (Fsp3) is 0.529. The van der Waals surface area contributed by atoms with Crippen molar-refractivity contribution in [1.29, 1.82) is 0 Å². The van der Waals surface area contributed by atoms with E-state index in [2.05, 4.69) is 41.5 Å². The molecule has 0 unspecified atom stereocenters. The number of ketones is 1. The van der Waals surface area contributed by atoms with E-state index in [1.807, 2.05) is 26.8 Å². The van der Waals surface area contributed by atoms with E-state index in [9.17, 15) is 4.79 Å². The van der Waals surface area contributed by atoms with Gasteiger partial charge in [0.2, 0.25) is 5.16 Å². The normalized spacial score (nSPS) is 11.7. The Morgan fingerprint density at radius 3 is 2.57 bits per heavy atom. The van der Waals surface area contributed by atoms with Crippen LogP contribution in [0.1, 0.15) is 56.1 Å². The SMILES string of the molecule is CCc1ccc(CC)c(C(=O)CSc2nnnn2C(C)(C)C)c1. The molecule has 0 saturated heterocycles. The molecule has 0 spiro atoms. The molecule has 23 heavy (non-hydrogen) atoms. The summed E-state index contributed by atoms with van der Waals surface area (Å²) in [6.45, 7) is 10.3. The lowest BCUT2D eigenvalue weighted by Crippen LogP contribution is -2.24. The van der Waals surface area contributed by atoms with Crippen LogP contribution in [-0.2, 0) is 18.4 Å². The van der Waals surface area contributed by atoms with Crippen LogP contribution < -0.4 is 0 Å². The number of hydrogen-bond donors (Lipinski definition) is 0. The molecule has 0 aliphatic heterocycles. The Labute approximate surface area is 141 Å². The summed E-state index contributed by atoms with van der Waals surface area (Å²) >= 11 is 1.39. The van der Waals surface area contributed by atoms with Gasteiger partial charge in [-0.1, -0.05) is 37.7 Å². The zero-order chi connectivity index (χ0) is 17.0. The molecule has 1 heterocycles. The highest BCUT2D eigenvalue weighted by Crippen LogP contribution is 2.23. The fourth-order valence-electron chi connectivity index (χ4n) is 2.31. The van der Waals surface area contributed by atoms with Gasteiger partial charge < -0.3 is 0 Å². The van der Waals surface area contributed by atoms with E-state index in [4.69, 9.17) is 0 Å². The van der Waals surface area contributed by atoms with Gasteiger partial charge in [-0.25, -0.2) is 4.68 Å². The number of benzene rings is 1. The minimum Gasteiger partial charge on any atom is -0.293 e. The second-order valence-electron chi connectivity index (χ2n) is 6.45. The lowest BCUT2D eigenvalue weighted by Gasteiger charge is -2.19. The molecule has 1 aromatic heterocycles. The zero-order valence-electron chi connectivity index (χ0n) is 14.5. The predicted molar refractivity (Wildman–Crippen MR) is 93.1 cm³/mol. The largest absolute Gasteiger partial charge is 0.293 e. The Hall–Kier alpha value is -1.69. The zero-order valence-corrected chi connectivity index (χ0v) is 15.3. The second-order valence-corrected chi connectivity index (χ2v) is 7.40. The number of hydrogen-bond acceptors (Lipinski definition) is 5. The lowest BCUT2D eigenvalue weighted by molar-refractivity contribution is 0.102. The van der Waals surface area contributed by atoms with E-state index in [-0.39, 0.29) is 11.3 Å². The smallest absolute Gasteiger partial charge is 0.210 e. The average Bonchev–Trinajstić information content (AvgIpc) is 3.00. The summed E-state index contributed by atoms with van der Waals surface area (Å²) in [5.41, 5.74) is 2.92. The van der Waals surface area contributed by atoms with Crippen LogP contribution in [-0.4, -0.2) is 31.7 Å². The molecule has 0 aliphatic rings. The summed E-state index contributed by atoms with van der Waals surface area (Å²) in [5.74, 6) is 0.474. The van der Waals surface area contributed by atoms with E-state index in [0.717, 1.165) is 24.0 Å². The van der Waals surface area contributed by atoms with Crippen molar-refractivity contribution in [3.05, 3.63) is 34.9 Å². The quantitative estimate of drug-likeness (QED) is 0.598. The Morgan fingerprint density at radius 1 is 1.22 bits per heavy atom. The van der Waals surface area contributed by atoms with Gasteiger partial charge in [-0.3, -0.25) is 4.79 Å². The van der Waals surface area contributed by atoms with Crippen LogP contribution in [0.3, 0.4) is 0 Å². The Morgan fingerprint density at radius 2 is 1.96 bits per heavy atom. The van der Waals surface area contributed by atoms with Gasteiger partial charge in [0.25, 0.3) is 0 Å². The van der Waals surface area contributed by atoms with Crippen LogP contribution in [0.2, 0.25) is 0 Å². The molecule has 2 aromatic rings. The summed E-state index contributed by atoms with van der Waals surface area (Å²) in [6, 6.07) is 6.19. The topological polar surface area (TPSA) is 60.7 Å². The molecular formula is C17H24N4OS. The minimum atomic E-state index is -0.203. The number of nitrogens with zero attached hydrogens (tertiary/aromatic N) is 4. The fourth-order valence-corrected chi connectivity index (χ4v) is 3.25. The highest BCUT2D eigenvalue weighted by molar-refractivity contribution is 7.99. The van der Waals surface area contributed by atoms with Gasteiger partial charge in [0.15, 0.2) is 5.78 Å². The number of carbonyl (C=O) groups excluding carboxylic acids is 1. The molecule has 0 bridgehead atoms.